The van der Waals surface area contributed by atoms with Gasteiger partial charge in [-0.2, -0.15) is 0 Å². The van der Waals surface area contributed by atoms with Crippen LogP contribution in [0.15, 0.2) is 36.4 Å². The number of carbonyl (C=O) groups is 4. The van der Waals surface area contributed by atoms with Gasteiger partial charge in [-0.1, -0.05) is 42.0 Å². The molecular weight excluding hydrogens is 370 g/mol. The molecule has 2 saturated carbocycles. The van der Waals surface area contributed by atoms with Crippen LogP contribution in [-0.4, -0.2) is 41.1 Å². The Morgan fingerprint density at radius 2 is 1.59 bits per heavy atom. The number of nitrogens with zero attached hydrogens (tertiary/aromatic N) is 1. The summed E-state index contributed by atoms with van der Waals surface area (Å²) < 4.78 is 5.16. The molecule has 0 N–H and O–H groups in total. The van der Waals surface area contributed by atoms with Gasteiger partial charge >= 0.3 is 5.97 Å². The van der Waals surface area contributed by atoms with Crippen LogP contribution in [0.5, 0.6) is 0 Å². The molecule has 3 fully saturated rings. The predicted molar refractivity (Wildman–Crippen MR) is 102 cm³/mol. The number of benzene rings is 1. The van der Waals surface area contributed by atoms with Crippen molar-refractivity contribution in [3.63, 3.8) is 0 Å². The second-order valence-corrected chi connectivity index (χ2v) is 8.77. The van der Waals surface area contributed by atoms with E-state index < -0.39 is 18.6 Å². The van der Waals surface area contributed by atoms with E-state index in [0.29, 0.717) is 17.4 Å². The number of hydrogen-bond donors (Lipinski definition) is 0. The highest BCUT2D eigenvalue weighted by Gasteiger charge is 2.67. The van der Waals surface area contributed by atoms with E-state index in [0.717, 1.165) is 16.9 Å². The zero-order chi connectivity index (χ0) is 20.4. The number of ether oxygens (including phenoxy) is 1. The number of esters is 1. The molecule has 6 rings (SSSR count). The van der Waals surface area contributed by atoms with Crippen LogP contribution in [0, 0.1) is 42.4 Å². The van der Waals surface area contributed by atoms with Gasteiger partial charge in [0.15, 0.2) is 12.4 Å². The van der Waals surface area contributed by atoms with Gasteiger partial charge in [0.25, 0.3) is 0 Å². The van der Waals surface area contributed by atoms with Crippen molar-refractivity contribution in [2.75, 3.05) is 6.61 Å². The topological polar surface area (TPSA) is 80.8 Å². The predicted octanol–water partition coefficient (Wildman–Crippen LogP) is 2.16. The number of aryl methyl sites for hydroxylation is 1. The number of amides is 2. The van der Waals surface area contributed by atoms with Gasteiger partial charge in [-0.3, -0.25) is 19.3 Å². The second kappa shape index (κ2) is 6.37. The van der Waals surface area contributed by atoms with Crippen LogP contribution in [-0.2, 0) is 19.1 Å². The summed E-state index contributed by atoms with van der Waals surface area (Å²) in [6, 6.07) is 5.96. The molecule has 0 spiro atoms. The Labute approximate surface area is 168 Å². The quantitative estimate of drug-likeness (QED) is 0.331. The molecule has 2 bridgehead atoms. The Bertz CT molecular complexity index is 913. The van der Waals surface area contributed by atoms with Crippen LogP contribution in [0.1, 0.15) is 29.3 Å². The van der Waals surface area contributed by atoms with Gasteiger partial charge < -0.3 is 4.74 Å². The minimum absolute atomic E-state index is 0.114. The highest BCUT2D eigenvalue weighted by atomic mass is 16.5. The van der Waals surface area contributed by atoms with Crippen molar-refractivity contribution in [1.82, 2.24) is 4.90 Å². The fourth-order valence-corrected chi connectivity index (χ4v) is 5.55. The Morgan fingerprint density at radius 3 is 2.14 bits per heavy atom. The minimum Gasteiger partial charge on any atom is -0.456 e. The van der Waals surface area contributed by atoms with Crippen molar-refractivity contribution in [2.45, 2.75) is 26.3 Å². The molecule has 5 aliphatic rings. The summed E-state index contributed by atoms with van der Waals surface area (Å²) in [5.41, 5.74) is 1.48. The maximum atomic E-state index is 13.0. The number of hydrogen-bond acceptors (Lipinski definition) is 5. The van der Waals surface area contributed by atoms with Crippen molar-refractivity contribution in [3.05, 3.63) is 47.5 Å². The molecule has 6 heteroatoms. The molecule has 0 unspecified atom stereocenters. The van der Waals surface area contributed by atoms with E-state index in [2.05, 4.69) is 12.2 Å². The van der Waals surface area contributed by atoms with E-state index in [4.69, 9.17) is 4.74 Å². The van der Waals surface area contributed by atoms with E-state index >= 15 is 0 Å². The first-order valence-electron chi connectivity index (χ1n) is 10.2. The van der Waals surface area contributed by atoms with Crippen molar-refractivity contribution >= 4 is 23.6 Å². The maximum absolute atomic E-state index is 13.0. The van der Waals surface area contributed by atoms with Gasteiger partial charge in [0.1, 0.15) is 6.04 Å². The average molecular weight is 393 g/mol. The summed E-state index contributed by atoms with van der Waals surface area (Å²) in [5.74, 6) is -1.01. The molecule has 1 aliphatic heterocycles. The van der Waals surface area contributed by atoms with Crippen LogP contribution >= 0.6 is 0 Å². The Kier molecular flexibility index (Phi) is 4.02. The number of allylic oxidation sites excluding steroid dienone is 2. The molecule has 1 aromatic carbocycles. The zero-order valence-electron chi connectivity index (χ0n) is 16.4. The fraction of sp³-hybridized carbons (Fsp3) is 0.478. The lowest BCUT2D eigenvalue weighted by molar-refractivity contribution is -0.157. The van der Waals surface area contributed by atoms with Crippen LogP contribution in [0.3, 0.4) is 0 Å². The number of likely N-dealkylation sites (tertiary alicyclic amines) is 1. The number of imide groups is 1. The first kappa shape index (κ1) is 18.3. The Morgan fingerprint density at radius 1 is 1.03 bits per heavy atom. The normalized spacial score (nSPS) is 34.6. The van der Waals surface area contributed by atoms with Gasteiger partial charge in [0.2, 0.25) is 11.8 Å². The van der Waals surface area contributed by atoms with Crippen molar-refractivity contribution in [1.29, 1.82) is 0 Å². The van der Waals surface area contributed by atoms with E-state index in [1.54, 1.807) is 12.1 Å². The highest BCUT2D eigenvalue weighted by molar-refractivity contribution is 6.09. The van der Waals surface area contributed by atoms with Gasteiger partial charge in [0, 0.05) is 5.56 Å². The molecule has 4 aliphatic carbocycles. The molecule has 29 heavy (non-hydrogen) atoms. The summed E-state index contributed by atoms with van der Waals surface area (Å²) in [6.45, 7) is 3.01. The summed E-state index contributed by atoms with van der Waals surface area (Å²) in [4.78, 5) is 51.9. The van der Waals surface area contributed by atoms with E-state index in [1.807, 2.05) is 19.1 Å². The molecule has 1 aromatic rings. The molecule has 0 aromatic heterocycles. The number of carbonyl (C=O) groups excluding carboxylic acids is 4. The van der Waals surface area contributed by atoms with Crippen molar-refractivity contribution in [2.24, 2.45) is 35.5 Å². The van der Waals surface area contributed by atoms with Crippen LogP contribution in [0.2, 0.25) is 0 Å². The molecule has 1 heterocycles. The molecule has 1 saturated heterocycles. The van der Waals surface area contributed by atoms with Gasteiger partial charge in [-0.25, -0.2) is 4.79 Å². The van der Waals surface area contributed by atoms with Crippen molar-refractivity contribution < 1.29 is 23.9 Å². The molecule has 6 nitrogen and oxygen atoms in total. The third-order valence-corrected chi connectivity index (χ3v) is 7.14. The van der Waals surface area contributed by atoms with Gasteiger partial charge in [0.05, 0.1) is 11.8 Å². The fourth-order valence-electron chi connectivity index (χ4n) is 5.55. The Hall–Kier alpha value is -2.76. The molecular formula is C23H23NO5. The standard InChI is InChI=1S/C23H23NO5/c1-11-3-5-13(6-4-11)18(25)10-29-23(28)12(2)24-21(26)19-14-7-8-15(17-9-16(14)17)20(19)22(24)27/h3-8,12,14-17,19-20H,9-10H2,1-2H3/t12-,14-,15-,16-,17-,19-,20+/m0/s1. The average Bonchev–Trinajstić information content (AvgIpc) is 3.49. The largest absolute Gasteiger partial charge is 0.456 e. The lowest BCUT2D eigenvalue weighted by Gasteiger charge is -2.37. The van der Waals surface area contributed by atoms with E-state index in [9.17, 15) is 19.2 Å². The third kappa shape index (κ3) is 2.69. The monoisotopic (exact) mass is 393 g/mol. The minimum atomic E-state index is -1.03. The summed E-state index contributed by atoms with van der Waals surface area (Å²) in [7, 11) is 0. The lowest BCUT2D eigenvalue weighted by atomic mass is 9.63. The van der Waals surface area contributed by atoms with Crippen LogP contribution < -0.4 is 0 Å². The molecule has 0 radical (unpaired) electrons. The molecule has 7 atom stereocenters. The number of ketones is 1. The highest BCUT2D eigenvalue weighted by Crippen LogP contribution is 2.65. The van der Waals surface area contributed by atoms with E-state index in [-0.39, 0.29) is 41.3 Å². The number of rotatable bonds is 5. The zero-order valence-corrected chi connectivity index (χ0v) is 16.4. The van der Waals surface area contributed by atoms with E-state index in [1.165, 1.54) is 6.92 Å². The van der Waals surface area contributed by atoms with Gasteiger partial charge in [-0.05, 0) is 43.9 Å². The first-order valence-corrected chi connectivity index (χ1v) is 10.2. The van der Waals surface area contributed by atoms with Gasteiger partial charge in [-0.15, -0.1) is 0 Å². The summed E-state index contributed by atoms with van der Waals surface area (Å²) >= 11 is 0. The lowest BCUT2D eigenvalue weighted by Crippen LogP contribution is -2.45. The summed E-state index contributed by atoms with van der Waals surface area (Å²) in [5, 5.41) is 0. The maximum Gasteiger partial charge on any atom is 0.329 e. The third-order valence-electron chi connectivity index (χ3n) is 7.14. The SMILES string of the molecule is Cc1ccc(C(=O)COC(=O)[C@H](C)N2C(=O)[C@@H]3[C@H]4C=C[C@@H]([C@@H]5C[C@@H]45)[C@@H]3C2=O)cc1. The second-order valence-electron chi connectivity index (χ2n) is 8.77. The van der Waals surface area contributed by atoms with Crippen molar-refractivity contribution in [3.8, 4) is 0 Å². The number of Topliss-reactive ketones (excluding diaryl/α,β-unsaturated/α-hetero) is 1. The smallest absolute Gasteiger partial charge is 0.329 e. The Balaban J connectivity index is 1.26. The first-order chi connectivity index (χ1) is 13.9. The molecule has 150 valence electrons. The summed E-state index contributed by atoms with van der Waals surface area (Å²) in [6.07, 6.45) is 5.28. The molecule has 2 amide bonds. The van der Waals surface area contributed by atoms with Crippen LogP contribution in [0.4, 0.5) is 0 Å². The van der Waals surface area contributed by atoms with Crippen LogP contribution in [0.25, 0.3) is 0 Å².